The van der Waals surface area contributed by atoms with Gasteiger partial charge in [0.2, 0.25) is 0 Å². The normalized spacial score (nSPS) is 16.6. The Balaban J connectivity index is 1.58. The smallest absolute Gasteiger partial charge is 0.163 e. The lowest BCUT2D eigenvalue weighted by Gasteiger charge is -2.09. The molecule has 3 rings (SSSR count). The lowest BCUT2D eigenvalue weighted by molar-refractivity contribution is 0.0960. The molecule has 2 nitrogen and oxygen atoms in total. The Bertz CT molecular complexity index is 617. The van der Waals surface area contributed by atoms with Gasteiger partial charge in [-0.2, -0.15) is 0 Å². The van der Waals surface area contributed by atoms with Crippen LogP contribution in [0.15, 0.2) is 48.5 Å². The van der Waals surface area contributed by atoms with E-state index < -0.39 is 0 Å². The summed E-state index contributed by atoms with van der Waals surface area (Å²) in [6, 6.07) is 15.7. The maximum Gasteiger partial charge on any atom is 0.163 e. The summed E-state index contributed by atoms with van der Waals surface area (Å²) >= 11 is 0. The first-order valence-electron chi connectivity index (χ1n) is 7.07. The van der Waals surface area contributed by atoms with Crippen molar-refractivity contribution in [3.8, 4) is 5.75 Å². The molecule has 0 radical (unpaired) electrons. The highest BCUT2D eigenvalue weighted by atomic mass is 16.5. The van der Waals surface area contributed by atoms with Crippen LogP contribution in [0.2, 0.25) is 0 Å². The molecule has 0 aromatic heterocycles. The second-order valence-electron chi connectivity index (χ2n) is 5.38. The number of rotatable bonds is 4. The van der Waals surface area contributed by atoms with Crippen molar-refractivity contribution in [3.05, 3.63) is 65.2 Å². The fourth-order valence-corrected chi connectivity index (χ4v) is 2.67. The molecular weight excluding hydrogens is 248 g/mol. The minimum atomic E-state index is 0.138. The molecule has 0 fully saturated rings. The summed E-state index contributed by atoms with van der Waals surface area (Å²) in [6.45, 7) is 2.09. The Morgan fingerprint density at radius 1 is 1.20 bits per heavy atom. The van der Waals surface area contributed by atoms with E-state index in [-0.39, 0.29) is 11.9 Å². The van der Waals surface area contributed by atoms with Gasteiger partial charge in [0.25, 0.3) is 0 Å². The first-order chi connectivity index (χ1) is 9.72. The van der Waals surface area contributed by atoms with E-state index in [1.807, 2.05) is 36.4 Å². The second-order valence-corrected chi connectivity index (χ2v) is 5.38. The van der Waals surface area contributed by atoms with Gasteiger partial charge in [-0.1, -0.05) is 48.0 Å². The number of Topliss-reactive ketones (excluding diaryl/α,β-unsaturated/α-hetero) is 1. The van der Waals surface area contributed by atoms with Crippen molar-refractivity contribution in [1.82, 2.24) is 0 Å². The molecule has 2 aromatic rings. The monoisotopic (exact) mass is 266 g/mol. The van der Waals surface area contributed by atoms with Crippen molar-refractivity contribution in [2.45, 2.75) is 32.3 Å². The predicted octanol–water partition coefficient (Wildman–Crippen LogP) is 3.96. The molecule has 102 valence electrons. The molecule has 1 heterocycles. The van der Waals surface area contributed by atoms with Crippen LogP contribution >= 0.6 is 0 Å². The van der Waals surface area contributed by atoms with Gasteiger partial charge in [0, 0.05) is 18.4 Å². The number of aryl methyl sites for hydroxylation is 1. The quantitative estimate of drug-likeness (QED) is 0.783. The molecule has 0 saturated heterocycles. The molecule has 0 bridgehead atoms. The number of carbonyl (C=O) groups is 1. The van der Waals surface area contributed by atoms with Crippen LogP contribution in [0.1, 0.15) is 34.3 Å². The number of hydrogen-bond acceptors (Lipinski definition) is 2. The topological polar surface area (TPSA) is 26.3 Å². The molecule has 0 spiro atoms. The Labute approximate surface area is 119 Å². The number of benzene rings is 2. The standard InChI is InChI=1S/C18H18O2/c1-13-7-10-18-15(11-13)12-16(20-18)8-9-17(19)14-5-3-2-4-6-14/h2-7,10-11,16H,8-9,12H2,1H3. The average Bonchev–Trinajstić information content (AvgIpc) is 2.87. The van der Waals surface area contributed by atoms with E-state index in [9.17, 15) is 4.79 Å². The second kappa shape index (κ2) is 5.49. The number of hydrogen-bond donors (Lipinski definition) is 0. The fourth-order valence-electron chi connectivity index (χ4n) is 2.67. The number of fused-ring (bicyclic) bond motifs is 1. The van der Waals surface area contributed by atoms with Gasteiger partial charge in [-0.3, -0.25) is 4.79 Å². The van der Waals surface area contributed by atoms with Gasteiger partial charge in [0.1, 0.15) is 11.9 Å². The van der Waals surface area contributed by atoms with Gasteiger partial charge in [-0.25, -0.2) is 0 Å². The number of carbonyl (C=O) groups excluding carboxylic acids is 1. The van der Waals surface area contributed by atoms with Crippen molar-refractivity contribution in [1.29, 1.82) is 0 Å². The van der Waals surface area contributed by atoms with Crippen LogP contribution in [0.3, 0.4) is 0 Å². The molecule has 0 aliphatic carbocycles. The zero-order chi connectivity index (χ0) is 13.9. The molecule has 1 aliphatic heterocycles. The highest BCUT2D eigenvalue weighted by molar-refractivity contribution is 5.95. The van der Waals surface area contributed by atoms with E-state index in [0.29, 0.717) is 6.42 Å². The minimum Gasteiger partial charge on any atom is -0.490 e. The molecule has 0 amide bonds. The van der Waals surface area contributed by atoms with Crippen molar-refractivity contribution in [3.63, 3.8) is 0 Å². The third-order valence-electron chi connectivity index (χ3n) is 3.75. The van der Waals surface area contributed by atoms with Crippen LogP contribution in [0.25, 0.3) is 0 Å². The molecule has 0 saturated carbocycles. The lowest BCUT2D eigenvalue weighted by atomic mass is 10.0. The summed E-state index contributed by atoms with van der Waals surface area (Å²) in [7, 11) is 0. The highest BCUT2D eigenvalue weighted by Crippen LogP contribution is 2.31. The molecule has 1 aliphatic rings. The Morgan fingerprint density at radius 3 is 2.80 bits per heavy atom. The lowest BCUT2D eigenvalue weighted by Crippen LogP contribution is -2.14. The van der Waals surface area contributed by atoms with Crippen LogP contribution in [0, 0.1) is 6.92 Å². The fraction of sp³-hybridized carbons (Fsp3) is 0.278. The van der Waals surface area contributed by atoms with Crippen molar-refractivity contribution in [2.24, 2.45) is 0 Å². The summed E-state index contributed by atoms with van der Waals surface area (Å²) in [4.78, 5) is 12.1. The van der Waals surface area contributed by atoms with Crippen molar-refractivity contribution in [2.75, 3.05) is 0 Å². The van der Waals surface area contributed by atoms with Gasteiger partial charge in [0.05, 0.1) is 0 Å². The maximum atomic E-state index is 12.1. The minimum absolute atomic E-state index is 0.138. The molecule has 1 atom stereocenters. The van der Waals surface area contributed by atoms with Crippen molar-refractivity contribution < 1.29 is 9.53 Å². The van der Waals surface area contributed by atoms with E-state index >= 15 is 0 Å². The average molecular weight is 266 g/mol. The van der Waals surface area contributed by atoms with E-state index in [1.54, 1.807) is 0 Å². The van der Waals surface area contributed by atoms with E-state index in [1.165, 1.54) is 11.1 Å². The van der Waals surface area contributed by atoms with Crippen molar-refractivity contribution >= 4 is 5.78 Å². The summed E-state index contributed by atoms with van der Waals surface area (Å²) in [5.74, 6) is 1.18. The Kier molecular flexibility index (Phi) is 3.55. The van der Waals surface area contributed by atoms with E-state index in [2.05, 4.69) is 19.1 Å². The first-order valence-corrected chi connectivity index (χ1v) is 7.07. The summed E-state index contributed by atoms with van der Waals surface area (Å²) in [6.07, 6.45) is 2.38. The number of ketones is 1. The summed E-state index contributed by atoms with van der Waals surface area (Å²) < 4.78 is 5.90. The van der Waals surface area contributed by atoms with Crippen LogP contribution in [0.5, 0.6) is 5.75 Å². The zero-order valence-corrected chi connectivity index (χ0v) is 11.6. The molecule has 1 unspecified atom stereocenters. The van der Waals surface area contributed by atoms with Gasteiger partial charge in [0.15, 0.2) is 5.78 Å². The van der Waals surface area contributed by atoms with Gasteiger partial charge in [-0.05, 0) is 25.0 Å². The summed E-state index contributed by atoms with van der Waals surface area (Å²) in [5.41, 5.74) is 3.31. The predicted molar refractivity (Wildman–Crippen MR) is 79.3 cm³/mol. The zero-order valence-electron chi connectivity index (χ0n) is 11.6. The molecule has 2 aromatic carbocycles. The summed E-state index contributed by atoms with van der Waals surface area (Å²) in [5, 5.41) is 0. The van der Waals surface area contributed by atoms with Gasteiger partial charge < -0.3 is 4.74 Å². The van der Waals surface area contributed by atoms with Crippen LogP contribution < -0.4 is 4.74 Å². The largest absolute Gasteiger partial charge is 0.490 e. The first kappa shape index (κ1) is 12.9. The van der Waals surface area contributed by atoms with Crippen LogP contribution in [0.4, 0.5) is 0 Å². The molecular formula is C18H18O2. The Morgan fingerprint density at radius 2 is 2.00 bits per heavy atom. The SMILES string of the molecule is Cc1ccc2c(c1)CC(CCC(=O)c1ccccc1)O2. The van der Waals surface area contributed by atoms with E-state index in [0.717, 1.165) is 24.2 Å². The Hall–Kier alpha value is -2.09. The van der Waals surface area contributed by atoms with E-state index in [4.69, 9.17) is 4.74 Å². The van der Waals surface area contributed by atoms with Crippen LogP contribution in [-0.4, -0.2) is 11.9 Å². The third kappa shape index (κ3) is 2.74. The molecule has 20 heavy (non-hydrogen) atoms. The maximum absolute atomic E-state index is 12.1. The van der Waals surface area contributed by atoms with Gasteiger partial charge in [-0.15, -0.1) is 0 Å². The molecule has 0 N–H and O–H groups in total. The highest BCUT2D eigenvalue weighted by Gasteiger charge is 2.23. The van der Waals surface area contributed by atoms with Gasteiger partial charge >= 0.3 is 0 Å². The molecule has 2 heteroatoms. The van der Waals surface area contributed by atoms with Crippen LogP contribution in [-0.2, 0) is 6.42 Å². The number of ether oxygens (including phenoxy) is 1. The third-order valence-corrected chi connectivity index (χ3v) is 3.75.